The summed E-state index contributed by atoms with van der Waals surface area (Å²) in [6, 6.07) is 2.35. The molecule has 0 bridgehead atoms. The van der Waals surface area contributed by atoms with Gasteiger partial charge in [0, 0.05) is 63.5 Å². The number of rotatable bonds is 6. The van der Waals surface area contributed by atoms with E-state index < -0.39 is 48.2 Å². The molecule has 4 atom stereocenters. The fourth-order valence-corrected chi connectivity index (χ4v) is 6.18. The number of likely N-dealkylation sites (N-methyl/N-ethyl adjacent to an activating group) is 1. The van der Waals surface area contributed by atoms with Gasteiger partial charge in [-0.2, -0.15) is 26.3 Å². The number of likely N-dealkylation sites (tertiary alicyclic amines) is 1. The molecule has 0 spiro atoms. The van der Waals surface area contributed by atoms with Crippen LogP contribution in [0.4, 0.5) is 32.0 Å². The van der Waals surface area contributed by atoms with E-state index >= 15 is 0 Å². The normalized spacial score (nSPS) is 28.2. The lowest BCUT2D eigenvalue weighted by Gasteiger charge is -2.36. The van der Waals surface area contributed by atoms with Crippen molar-refractivity contribution >= 4 is 11.7 Å². The lowest BCUT2D eigenvalue weighted by molar-refractivity contribution is -0.293. The predicted molar refractivity (Wildman–Crippen MR) is 122 cm³/mol. The molecule has 1 aromatic carbocycles. The monoisotopic (exact) mass is 522 g/mol. The third-order valence-electron chi connectivity index (χ3n) is 8.05. The Labute approximate surface area is 206 Å². The number of hydrogen-bond acceptors (Lipinski definition) is 5. The Balaban J connectivity index is 1.53. The van der Waals surface area contributed by atoms with E-state index in [1.807, 2.05) is 25.1 Å². The number of carboxylic acids is 1. The van der Waals surface area contributed by atoms with Gasteiger partial charge in [0.1, 0.15) is 6.04 Å². The van der Waals surface area contributed by atoms with Gasteiger partial charge in [-0.3, -0.25) is 9.69 Å². The molecular formula is C24H32F6N4O2. The van der Waals surface area contributed by atoms with E-state index in [4.69, 9.17) is 0 Å². The van der Waals surface area contributed by atoms with Gasteiger partial charge in [0.2, 0.25) is 0 Å². The standard InChI is InChI=1S/C24H32F6N4O2/c1-3-32-7-9-34(10-8-32)18-6-4-5-15(14(18)2)11-33-12-16-17(13-33)20(22(35)36)31-19(16)21(23(25,26)27)24(28,29)30/h4-6,16-17,19-21,31H,3,7-13H2,1-2H3,(H,35,36). The van der Waals surface area contributed by atoms with Crippen molar-refractivity contribution in [3.05, 3.63) is 29.3 Å². The summed E-state index contributed by atoms with van der Waals surface area (Å²) in [5, 5.41) is 11.7. The van der Waals surface area contributed by atoms with E-state index in [1.165, 1.54) is 0 Å². The minimum absolute atomic E-state index is 0.0341. The van der Waals surface area contributed by atoms with Gasteiger partial charge in [-0.1, -0.05) is 19.1 Å². The van der Waals surface area contributed by atoms with Gasteiger partial charge in [0.05, 0.1) is 0 Å². The number of halogens is 6. The molecule has 0 saturated carbocycles. The highest BCUT2D eigenvalue weighted by molar-refractivity contribution is 5.74. The maximum absolute atomic E-state index is 13.5. The summed E-state index contributed by atoms with van der Waals surface area (Å²) in [7, 11) is 0. The van der Waals surface area contributed by atoms with Gasteiger partial charge >= 0.3 is 18.3 Å². The largest absolute Gasteiger partial charge is 0.480 e. The maximum Gasteiger partial charge on any atom is 0.402 e. The highest BCUT2D eigenvalue weighted by Gasteiger charge is 2.66. The van der Waals surface area contributed by atoms with Gasteiger partial charge in [-0.05, 0) is 36.6 Å². The fraction of sp³-hybridized carbons (Fsp3) is 0.708. The Hall–Kier alpha value is -2.05. The van der Waals surface area contributed by atoms with Crippen LogP contribution in [0.25, 0.3) is 0 Å². The SMILES string of the molecule is CCN1CCN(c2cccc(CN3CC4C(C(=O)O)NC(C(C(F)(F)F)C(F)(F)F)C4C3)c2C)CC1. The van der Waals surface area contributed by atoms with Crippen molar-refractivity contribution < 1.29 is 36.2 Å². The third kappa shape index (κ3) is 5.31. The number of benzene rings is 1. The number of hydrogen-bond donors (Lipinski definition) is 2. The van der Waals surface area contributed by atoms with E-state index in [0.717, 1.165) is 49.5 Å². The van der Waals surface area contributed by atoms with Crippen LogP contribution in [-0.2, 0) is 11.3 Å². The highest BCUT2D eigenvalue weighted by Crippen LogP contribution is 2.48. The number of nitrogens with one attached hydrogen (secondary N) is 1. The van der Waals surface area contributed by atoms with Crippen molar-refractivity contribution in [2.45, 2.75) is 44.8 Å². The molecule has 202 valence electrons. The summed E-state index contributed by atoms with van der Waals surface area (Å²) in [6.07, 6.45) is -11.1. The molecule has 1 aromatic rings. The first-order valence-corrected chi connectivity index (χ1v) is 12.2. The van der Waals surface area contributed by atoms with E-state index in [1.54, 1.807) is 4.90 Å². The molecule has 0 radical (unpaired) electrons. The van der Waals surface area contributed by atoms with Crippen LogP contribution >= 0.6 is 0 Å². The summed E-state index contributed by atoms with van der Waals surface area (Å²) in [4.78, 5) is 18.2. The molecule has 3 aliphatic rings. The Bertz CT molecular complexity index is 934. The molecule has 36 heavy (non-hydrogen) atoms. The summed E-state index contributed by atoms with van der Waals surface area (Å²) in [5.74, 6) is -6.97. The van der Waals surface area contributed by atoms with Gasteiger partial charge in [0.15, 0.2) is 5.92 Å². The Morgan fingerprint density at radius 1 is 1.03 bits per heavy atom. The first-order chi connectivity index (χ1) is 16.8. The van der Waals surface area contributed by atoms with Crippen molar-refractivity contribution in [1.29, 1.82) is 0 Å². The maximum atomic E-state index is 13.5. The molecule has 3 aliphatic heterocycles. The second-order valence-electron chi connectivity index (χ2n) is 10.1. The molecule has 4 unspecified atom stereocenters. The van der Waals surface area contributed by atoms with Crippen molar-refractivity contribution in [3.8, 4) is 0 Å². The second kappa shape index (κ2) is 10.0. The van der Waals surface area contributed by atoms with Crippen LogP contribution < -0.4 is 10.2 Å². The van der Waals surface area contributed by atoms with Crippen LogP contribution in [-0.4, -0.2) is 91.1 Å². The Kier molecular flexibility index (Phi) is 7.51. The molecular weight excluding hydrogens is 490 g/mol. The van der Waals surface area contributed by atoms with Crippen LogP contribution in [0, 0.1) is 24.7 Å². The van der Waals surface area contributed by atoms with Crippen molar-refractivity contribution in [3.63, 3.8) is 0 Å². The molecule has 0 aliphatic carbocycles. The third-order valence-corrected chi connectivity index (χ3v) is 8.05. The number of nitrogens with zero attached hydrogens (tertiary/aromatic N) is 3. The highest BCUT2D eigenvalue weighted by atomic mass is 19.4. The van der Waals surface area contributed by atoms with E-state index in [9.17, 15) is 36.2 Å². The van der Waals surface area contributed by atoms with Gasteiger partial charge < -0.3 is 20.2 Å². The topological polar surface area (TPSA) is 59.0 Å². The molecule has 2 N–H and O–H groups in total. The van der Waals surface area contributed by atoms with Crippen LogP contribution in [0.15, 0.2) is 18.2 Å². The molecule has 6 nitrogen and oxygen atoms in total. The van der Waals surface area contributed by atoms with Crippen LogP contribution in [0.3, 0.4) is 0 Å². The Morgan fingerprint density at radius 2 is 1.64 bits per heavy atom. The number of anilines is 1. The van der Waals surface area contributed by atoms with E-state index in [-0.39, 0.29) is 13.1 Å². The van der Waals surface area contributed by atoms with E-state index in [2.05, 4.69) is 22.0 Å². The molecule has 4 rings (SSSR count). The van der Waals surface area contributed by atoms with Crippen molar-refractivity contribution in [2.24, 2.45) is 17.8 Å². The molecule has 0 aromatic heterocycles. The number of alkyl halides is 6. The summed E-state index contributed by atoms with van der Waals surface area (Å²) < 4.78 is 80.9. The average Bonchev–Trinajstić information content (AvgIpc) is 3.33. The summed E-state index contributed by atoms with van der Waals surface area (Å²) >= 11 is 0. The van der Waals surface area contributed by atoms with E-state index in [0.29, 0.717) is 6.54 Å². The molecule has 3 heterocycles. The van der Waals surface area contributed by atoms with Crippen LogP contribution in [0.2, 0.25) is 0 Å². The van der Waals surface area contributed by atoms with Gasteiger partial charge in [0.25, 0.3) is 0 Å². The smallest absolute Gasteiger partial charge is 0.402 e. The number of carbonyl (C=O) groups is 1. The average molecular weight is 523 g/mol. The van der Waals surface area contributed by atoms with Crippen molar-refractivity contribution in [2.75, 3.05) is 50.7 Å². The predicted octanol–water partition coefficient (Wildman–Crippen LogP) is 3.35. The number of fused-ring (bicyclic) bond motifs is 1. The molecule has 3 fully saturated rings. The van der Waals surface area contributed by atoms with Crippen molar-refractivity contribution in [1.82, 2.24) is 15.1 Å². The van der Waals surface area contributed by atoms with Gasteiger partial charge in [-0.25, -0.2) is 0 Å². The minimum atomic E-state index is -5.53. The number of piperazine rings is 1. The van der Waals surface area contributed by atoms with Gasteiger partial charge in [-0.15, -0.1) is 0 Å². The lowest BCUT2D eigenvalue weighted by Crippen LogP contribution is -2.53. The van der Waals surface area contributed by atoms with Crippen LogP contribution in [0.1, 0.15) is 18.1 Å². The lowest BCUT2D eigenvalue weighted by atomic mass is 9.84. The molecule has 0 amide bonds. The van der Waals surface area contributed by atoms with Crippen LogP contribution in [0.5, 0.6) is 0 Å². The zero-order chi connectivity index (χ0) is 26.4. The summed E-state index contributed by atoms with van der Waals surface area (Å²) in [6.45, 7) is 9.13. The fourth-order valence-electron chi connectivity index (χ4n) is 6.18. The Morgan fingerprint density at radius 3 is 2.19 bits per heavy atom. The quantitative estimate of drug-likeness (QED) is 0.559. The first-order valence-electron chi connectivity index (χ1n) is 12.2. The zero-order valence-electron chi connectivity index (χ0n) is 20.2. The number of carboxylic acid groups (broad SMARTS) is 1. The molecule has 3 saturated heterocycles. The molecule has 12 heteroatoms. The first kappa shape index (κ1) is 27.0. The summed E-state index contributed by atoms with van der Waals surface area (Å²) in [5.41, 5.74) is 3.03. The zero-order valence-corrected chi connectivity index (χ0v) is 20.2. The minimum Gasteiger partial charge on any atom is -0.480 e. The number of aliphatic carboxylic acids is 1. The second-order valence-corrected chi connectivity index (χ2v) is 10.1.